The first-order valence-electron chi connectivity index (χ1n) is 5.57. The van der Waals surface area contributed by atoms with Crippen molar-refractivity contribution in [1.82, 2.24) is 0 Å². The standard InChI is InChI=1S/C11H18O3.Na/c12-10-6-8-4-2-1-3-7(8)5-9(10)11(13)14;/h7-10,12H,1-6H2,(H,13,14);/q;+1/p-1. The fraction of sp³-hybridized carbons (Fsp3) is 0.909. The number of carbonyl (C=O) groups is 1. The molecule has 4 heteroatoms. The quantitative estimate of drug-likeness (QED) is 0.490. The molecule has 0 radical (unpaired) electrons. The molecule has 15 heavy (non-hydrogen) atoms. The zero-order chi connectivity index (χ0) is 10.1. The van der Waals surface area contributed by atoms with Crippen LogP contribution < -0.4 is 34.7 Å². The Morgan fingerprint density at radius 3 is 2.20 bits per heavy atom. The third kappa shape index (κ3) is 2.96. The van der Waals surface area contributed by atoms with Gasteiger partial charge in [0.2, 0.25) is 0 Å². The number of hydrogen-bond donors (Lipinski definition) is 1. The van der Waals surface area contributed by atoms with Crippen LogP contribution in [0.4, 0.5) is 0 Å². The molecule has 3 nitrogen and oxygen atoms in total. The fourth-order valence-electron chi connectivity index (χ4n) is 3.12. The largest absolute Gasteiger partial charge is 1.00 e. The molecule has 0 saturated heterocycles. The Kier molecular flexibility index (Phi) is 5.10. The van der Waals surface area contributed by atoms with Crippen molar-refractivity contribution in [2.75, 3.05) is 0 Å². The smallest absolute Gasteiger partial charge is 0.550 e. The van der Waals surface area contributed by atoms with E-state index < -0.39 is 18.0 Å². The molecule has 0 amide bonds. The van der Waals surface area contributed by atoms with E-state index in [1.165, 1.54) is 19.3 Å². The summed E-state index contributed by atoms with van der Waals surface area (Å²) < 4.78 is 0. The molecule has 0 aromatic heterocycles. The van der Waals surface area contributed by atoms with Gasteiger partial charge < -0.3 is 15.0 Å². The number of carboxylic acids is 1. The summed E-state index contributed by atoms with van der Waals surface area (Å²) in [6, 6.07) is 0. The Labute approximate surface area is 113 Å². The number of rotatable bonds is 1. The number of aliphatic carboxylic acids is 1. The van der Waals surface area contributed by atoms with Crippen LogP contribution in [0.25, 0.3) is 0 Å². The summed E-state index contributed by atoms with van der Waals surface area (Å²) in [6.07, 6.45) is 5.40. The van der Waals surface area contributed by atoms with Crippen LogP contribution in [-0.2, 0) is 4.79 Å². The van der Waals surface area contributed by atoms with Crippen molar-refractivity contribution >= 4 is 5.97 Å². The predicted octanol–water partition coefficient (Wildman–Crippen LogP) is -2.68. The Morgan fingerprint density at radius 2 is 1.67 bits per heavy atom. The minimum atomic E-state index is -1.07. The van der Waals surface area contributed by atoms with Crippen molar-refractivity contribution in [2.24, 2.45) is 17.8 Å². The maximum absolute atomic E-state index is 10.8. The van der Waals surface area contributed by atoms with E-state index in [-0.39, 0.29) is 29.6 Å². The second kappa shape index (κ2) is 5.67. The van der Waals surface area contributed by atoms with E-state index in [9.17, 15) is 15.0 Å². The summed E-state index contributed by atoms with van der Waals surface area (Å²) in [5.41, 5.74) is 0. The van der Waals surface area contributed by atoms with Crippen molar-refractivity contribution in [1.29, 1.82) is 0 Å². The number of hydrogen-bond acceptors (Lipinski definition) is 3. The number of aliphatic hydroxyl groups excluding tert-OH is 1. The molecular weight excluding hydrogens is 203 g/mol. The first kappa shape index (κ1) is 13.5. The van der Waals surface area contributed by atoms with Crippen molar-refractivity contribution in [2.45, 2.75) is 44.6 Å². The van der Waals surface area contributed by atoms with Gasteiger partial charge in [-0.3, -0.25) is 0 Å². The van der Waals surface area contributed by atoms with Gasteiger partial charge in [-0.05, 0) is 24.7 Å². The molecule has 1 N–H and O–H groups in total. The first-order valence-corrected chi connectivity index (χ1v) is 5.57. The number of carboxylic acid groups (broad SMARTS) is 1. The third-order valence-corrected chi connectivity index (χ3v) is 3.93. The molecule has 2 aliphatic carbocycles. The normalized spacial score (nSPS) is 40.1. The van der Waals surface area contributed by atoms with E-state index in [0.29, 0.717) is 24.7 Å². The summed E-state index contributed by atoms with van der Waals surface area (Å²) in [5, 5.41) is 20.4. The van der Waals surface area contributed by atoms with E-state index in [4.69, 9.17) is 0 Å². The molecule has 4 unspecified atom stereocenters. The van der Waals surface area contributed by atoms with Gasteiger partial charge in [0.15, 0.2) is 0 Å². The zero-order valence-corrected chi connectivity index (χ0v) is 11.3. The van der Waals surface area contributed by atoms with Crippen LogP contribution in [0, 0.1) is 17.8 Å². The summed E-state index contributed by atoms with van der Waals surface area (Å²) >= 11 is 0. The van der Waals surface area contributed by atoms with Gasteiger partial charge >= 0.3 is 29.6 Å². The van der Waals surface area contributed by atoms with Gasteiger partial charge in [0.25, 0.3) is 0 Å². The van der Waals surface area contributed by atoms with Crippen LogP contribution in [0.15, 0.2) is 0 Å². The zero-order valence-electron chi connectivity index (χ0n) is 9.32. The van der Waals surface area contributed by atoms with Gasteiger partial charge in [-0.15, -0.1) is 0 Å². The molecule has 0 aromatic carbocycles. The molecule has 0 bridgehead atoms. The van der Waals surface area contributed by atoms with Gasteiger partial charge in [0, 0.05) is 11.9 Å². The Morgan fingerprint density at radius 1 is 1.13 bits per heavy atom. The van der Waals surface area contributed by atoms with Gasteiger partial charge in [-0.25, -0.2) is 0 Å². The maximum atomic E-state index is 10.8. The molecule has 80 valence electrons. The molecule has 2 fully saturated rings. The molecule has 2 aliphatic rings. The second-order valence-electron chi connectivity index (χ2n) is 4.77. The minimum absolute atomic E-state index is 0. The molecule has 0 aromatic rings. The third-order valence-electron chi connectivity index (χ3n) is 3.93. The van der Waals surface area contributed by atoms with Crippen molar-refractivity contribution in [3.05, 3.63) is 0 Å². The Balaban J connectivity index is 0.00000112. The Bertz CT molecular complexity index is 232. The van der Waals surface area contributed by atoms with E-state index in [1.54, 1.807) is 0 Å². The fourth-order valence-corrected chi connectivity index (χ4v) is 3.12. The summed E-state index contributed by atoms with van der Waals surface area (Å²) in [4.78, 5) is 10.8. The first-order chi connectivity index (χ1) is 6.68. The van der Waals surface area contributed by atoms with E-state index in [0.717, 1.165) is 6.42 Å². The molecule has 0 aliphatic heterocycles. The predicted molar refractivity (Wildman–Crippen MR) is 49.2 cm³/mol. The minimum Gasteiger partial charge on any atom is -0.550 e. The van der Waals surface area contributed by atoms with Crippen molar-refractivity contribution < 1.29 is 44.6 Å². The van der Waals surface area contributed by atoms with E-state index in [1.807, 2.05) is 0 Å². The SMILES string of the molecule is O=C([O-])C1CC2CCCCC2CC1O.[Na+]. The van der Waals surface area contributed by atoms with Crippen molar-refractivity contribution in [3.63, 3.8) is 0 Å². The molecule has 4 atom stereocenters. The van der Waals surface area contributed by atoms with Crippen LogP contribution in [0.5, 0.6) is 0 Å². The van der Waals surface area contributed by atoms with Crippen LogP contribution in [0.2, 0.25) is 0 Å². The topological polar surface area (TPSA) is 60.4 Å². The van der Waals surface area contributed by atoms with E-state index >= 15 is 0 Å². The van der Waals surface area contributed by atoms with Crippen LogP contribution in [-0.4, -0.2) is 17.2 Å². The van der Waals surface area contributed by atoms with Gasteiger partial charge in [-0.2, -0.15) is 0 Å². The molecule has 2 rings (SSSR count). The van der Waals surface area contributed by atoms with Gasteiger partial charge in [0.05, 0.1) is 6.10 Å². The summed E-state index contributed by atoms with van der Waals surface area (Å²) in [5.74, 6) is -0.597. The van der Waals surface area contributed by atoms with Crippen LogP contribution in [0.1, 0.15) is 38.5 Å². The summed E-state index contributed by atoms with van der Waals surface area (Å²) in [6.45, 7) is 0. The molecular formula is C11H17NaO3. The molecule has 0 spiro atoms. The van der Waals surface area contributed by atoms with Gasteiger partial charge in [-0.1, -0.05) is 25.7 Å². The van der Waals surface area contributed by atoms with E-state index in [2.05, 4.69) is 0 Å². The maximum Gasteiger partial charge on any atom is 1.00 e. The average Bonchev–Trinajstić information content (AvgIpc) is 2.16. The number of fused-ring (bicyclic) bond motifs is 1. The van der Waals surface area contributed by atoms with Crippen LogP contribution >= 0.6 is 0 Å². The number of carbonyl (C=O) groups excluding carboxylic acids is 1. The Hall–Kier alpha value is 0.430. The number of aliphatic hydroxyl groups is 1. The monoisotopic (exact) mass is 220 g/mol. The van der Waals surface area contributed by atoms with Gasteiger partial charge in [0.1, 0.15) is 0 Å². The molecule has 2 saturated carbocycles. The summed E-state index contributed by atoms with van der Waals surface area (Å²) in [7, 11) is 0. The van der Waals surface area contributed by atoms with Crippen LogP contribution in [0.3, 0.4) is 0 Å². The van der Waals surface area contributed by atoms with Crippen molar-refractivity contribution in [3.8, 4) is 0 Å². The second-order valence-corrected chi connectivity index (χ2v) is 4.77. The average molecular weight is 220 g/mol. The molecule has 0 heterocycles.